The lowest BCUT2D eigenvalue weighted by Gasteiger charge is -2.13. The van der Waals surface area contributed by atoms with Gasteiger partial charge in [-0.25, -0.2) is 10.5 Å². The van der Waals surface area contributed by atoms with Crippen molar-refractivity contribution in [2.24, 2.45) is 0 Å². The highest BCUT2D eigenvalue weighted by atomic mass is 35.5. The lowest BCUT2D eigenvalue weighted by atomic mass is 10.1. The van der Waals surface area contributed by atoms with Crippen molar-refractivity contribution in [3.05, 3.63) is 63.5 Å². The van der Waals surface area contributed by atoms with Crippen LogP contribution in [0.3, 0.4) is 0 Å². The highest BCUT2D eigenvalue weighted by Gasteiger charge is 2.25. The molecule has 0 saturated heterocycles. The van der Waals surface area contributed by atoms with Crippen LogP contribution < -0.4 is 15.1 Å². The van der Waals surface area contributed by atoms with E-state index in [-0.39, 0.29) is 0 Å². The Morgan fingerprint density at radius 2 is 2.07 bits per heavy atom. The van der Waals surface area contributed by atoms with E-state index >= 15 is 0 Å². The van der Waals surface area contributed by atoms with E-state index in [0.717, 1.165) is 33.3 Å². The fourth-order valence-corrected chi connectivity index (χ4v) is 4.23. The monoisotopic (exact) mass is 401 g/mol. The molecule has 1 aliphatic rings. The number of halogens is 1. The van der Waals surface area contributed by atoms with Gasteiger partial charge >= 0.3 is 0 Å². The maximum atomic E-state index is 11.7. The fourth-order valence-electron chi connectivity index (χ4n) is 3.10. The molecule has 1 amide bonds. The summed E-state index contributed by atoms with van der Waals surface area (Å²) in [6.45, 7) is 1.24. The van der Waals surface area contributed by atoms with E-state index in [2.05, 4.69) is 4.90 Å². The van der Waals surface area contributed by atoms with Crippen LogP contribution in [0.2, 0.25) is 5.02 Å². The van der Waals surface area contributed by atoms with Crippen LogP contribution in [-0.2, 0) is 13.1 Å². The zero-order valence-corrected chi connectivity index (χ0v) is 16.0. The van der Waals surface area contributed by atoms with Crippen molar-refractivity contribution < 1.29 is 14.7 Å². The Morgan fingerprint density at radius 1 is 1.30 bits per heavy atom. The molecule has 0 aliphatic carbocycles. The van der Waals surface area contributed by atoms with Gasteiger partial charge in [0.25, 0.3) is 5.91 Å². The molecule has 1 aromatic heterocycles. The van der Waals surface area contributed by atoms with Crippen molar-refractivity contribution in [2.45, 2.75) is 13.1 Å². The minimum atomic E-state index is -0.575. The molecule has 0 spiro atoms. The third-order valence-electron chi connectivity index (χ3n) is 4.51. The van der Waals surface area contributed by atoms with Crippen LogP contribution in [0.5, 0.6) is 5.75 Å². The van der Waals surface area contributed by atoms with Gasteiger partial charge in [0.2, 0.25) is 0 Å². The summed E-state index contributed by atoms with van der Waals surface area (Å²) < 4.78 is 5.19. The highest BCUT2D eigenvalue weighted by Crippen LogP contribution is 2.36. The van der Waals surface area contributed by atoms with E-state index in [1.54, 1.807) is 36.1 Å². The molecule has 0 radical (unpaired) electrons. The van der Waals surface area contributed by atoms with Gasteiger partial charge in [-0.1, -0.05) is 11.6 Å². The van der Waals surface area contributed by atoms with E-state index in [1.165, 1.54) is 0 Å². The second kappa shape index (κ2) is 7.19. The second-order valence-electron chi connectivity index (χ2n) is 6.14. The number of ether oxygens (including phenoxy) is 1. The van der Waals surface area contributed by atoms with Crippen molar-refractivity contribution in [3.63, 3.8) is 0 Å². The third kappa shape index (κ3) is 3.37. The molecule has 0 saturated carbocycles. The summed E-state index contributed by atoms with van der Waals surface area (Å²) in [7, 11) is 1.64. The summed E-state index contributed by atoms with van der Waals surface area (Å²) in [6, 6.07) is 11.1. The van der Waals surface area contributed by atoms with Crippen LogP contribution >= 0.6 is 22.9 Å². The highest BCUT2D eigenvalue weighted by molar-refractivity contribution is 7.14. The van der Waals surface area contributed by atoms with Gasteiger partial charge in [-0.3, -0.25) is 10.0 Å². The zero-order valence-electron chi connectivity index (χ0n) is 14.4. The molecule has 1 aliphatic heterocycles. The number of methoxy groups -OCH3 is 1. The first-order valence-electron chi connectivity index (χ1n) is 8.19. The Kier molecular flexibility index (Phi) is 4.73. The predicted molar refractivity (Wildman–Crippen MR) is 105 cm³/mol. The van der Waals surface area contributed by atoms with Gasteiger partial charge in [0, 0.05) is 34.6 Å². The molecule has 0 bridgehead atoms. The summed E-state index contributed by atoms with van der Waals surface area (Å²) in [4.78, 5) is 18.5. The fraction of sp³-hybridized carbons (Fsp3) is 0.158. The molecule has 138 valence electrons. The summed E-state index contributed by atoms with van der Waals surface area (Å²) in [5, 5.41) is 12.3. The van der Waals surface area contributed by atoms with E-state index < -0.39 is 5.91 Å². The van der Waals surface area contributed by atoms with Crippen molar-refractivity contribution in [1.82, 2.24) is 10.5 Å². The van der Waals surface area contributed by atoms with Crippen LogP contribution in [0.1, 0.15) is 21.5 Å². The molecular formula is C19H16ClN3O3S. The average molecular weight is 402 g/mol. The molecule has 8 heteroatoms. The molecule has 0 atom stereocenters. The standard InChI is InChI=1S/C19H16ClN3O3S/c1-26-14-4-2-11(3-5-14)17-10-27-19(21-17)23-8-13-6-12(18(24)22-25)7-16(20)15(13)9-23/h2-7,10,25H,8-9H2,1H3,(H,22,24). The van der Waals surface area contributed by atoms with Gasteiger partial charge in [-0.2, -0.15) is 0 Å². The summed E-state index contributed by atoms with van der Waals surface area (Å²) >= 11 is 7.91. The molecule has 2 N–H and O–H groups in total. The molecule has 2 heterocycles. The number of hydrogen-bond donors (Lipinski definition) is 2. The number of hydroxylamine groups is 1. The van der Waals surface area contributed by atoms with Gasteiger partial charge in [0.15, 0.2) is 5.13 Å². The number of nitrogens with one attached hydrogen (secondary N) is 1. The van der Waals surface area contributed by atoms with Crippen molar-refractivity contribution in [3.8, 4) is 17.0 Å². The van der Waals surface area contributed by atoms with E-state index in [0.29, 0.717) is 23.7 Å². The smallest absolute Gasteiger partial charge is 0.274 e. The summed E-state index contributed by atoms with van der Waals surface area (Å²) in [6.07, 6.45) is 0. The maximum absolute atomic E-state index is 11.7. The van der Waals surface area contributed by atoms with Crippen LogP contribution in [0, 0.1) is 0 Å². The molecule has 4 rings (SSSR count). The van der Waals surface area contributed by atoms with Crippen LogP contribution in [0.25, 0.3) is 11.3 Å². The minimum Gasteiger partial charge on any atom is -0.497 e. The van der Waals surface area contributed by atoms with Crippen LogP contribution in [0.15, 0.2) is 41.8 Å². The molecule has 0 fully saturated rings. The lowest BCUT2D eigenvalue weighted by molar-refractivity contribution is 0.0706. The number of amides is 1. The maximum Gasteiger partial charge on any atom is 0.274 e. The van der Waals surface area contributed by atoms with Gasteiger partial charge in [0.05, 0.1) is 12.8 Å². The summed E-state index contributed by atoms with van der Waals surface area (Å²) in [5.74, 6) is 0.232. The third-order valence-corrected chi connectivity index (χ3v) is 5.75. The molecule has 0 unspecified atom stereocenters. The van der Waals surface area contributed by atoms with E-state index in [1.807, 2.05) is 29.6 Å². The quantitative estimate of drug-likeness (QED) is 0.508. The molecular weight excluding hydrogens is 386 g/mol. The Bertz CT molecular complexity index is 1000. The van der Waals surface area contributed by atoms with Gasteiger partial charge in [-0.15, -0.1) is 11.3 Å². The van der Waals surface area contributed by atoms with Crippen LogP contribution in [0.4, 0.5) is 5.13 Å². The number of carbonyl (C=O) groups is 1. The SMILES string of the molecule is COc1ccc(-c2csc(N3Cc4cc(C(=O)NO)cc(Cl)c4C3)n2)cc1. The van der Waals surface area contributed by atoms with E-state index in [9.17, 15) is 4.79 Å². The number of hydrogen-bond acceptors (Lipinski definition) is 6. The first-order chi connectivity index (χ1) is 13.1. The normalized spacial score (nSPS) is 12.8. The largest absolute Gasteiger partial charge is 0.497 e. The first kappa shape index (κ1) is 17.8. The Balaban J connectivity index is 1.57. The number of nitrogens with zero attached hydrogens (tertiary/aromatic N) is 2. The number of thiazole rings is 1. The molecule has 3 aromatic rings. The molecule has 27 heavy (non-hydrogen) atoms. The van der Waals surface area contributed by atoms with Crippen molar-refractivity contribution >= 4 is 34.0 Å². The second-order valence-corrected chi connectivity index (χ2v) is 7.38. The number of carbonyl (C=O) groups excluding carboxylic acids is 1. The van der Waals surface area contributed by atoms with Crippen molar-refractivity contribution in [2.75, 3.05) is 12.0 Å². The van der Waals surface area contributed by atoms with Crippen molar-refractivity contribution in [1.29, 1.82) is 0 Å². The Labute approximate surface area is 164 Å². The van der Waals surface area contributed by atoms with Gasteiger partial charge in [-0.05, 0) is 47.5 Å². The molecule has 6 nitrogen and oxygen atoms in total. The Morgan fingerprint density at radius 3 is 2.78 bits per heavy atom. The minimum absolute atomic E-state index is 0.334. The average Bonchev–Trinajstić information content (AvgIpc) is 3.34. The van der Waals surface area contributed by atoms with E-state index in [4.69, 9.17) is 26.5 Å². The molecule has 2 aromatic carbocycles. The number of aromatic nitrogens is 1. The topological polar surface area (TPSA) is 74.7 Å². The van der Waals surface area contributed by atoms with Gasteiger partial charge < -0.3 is 9.64 Å². The number of rotatable bonds is 4. The zero-order chi connectivity index (χ0) is 19.0. The van der Waals surface area contributed by atoms with Gasteiger partial charge in [0.1, 0.15) is 5.75 Å². The Hall–Kier alpha value is -2.61. The first-order valence-corrected chi connectivity index (χ1v) is 9.45. The predicted octanol–water partition coefficient (Wildman–Crippen LogP) is 4.11. The number of fused-ring (bicyclic) bond motifs is 1. The number of anilines is 1. The number of benzene rings is 2. The van der Waals surface area contributed by atoms with Crippen LogP contribution in [-0.4, -0.2) is 23.2 Å². The lowest BCUT2D eigenvalue weighted by Crippen LogP contribution is -2.18. The summed E-state index contributed by atoms with van der Waals surface area (Å²) in [5.41, 5.74) is 5.84.